The van der Waals surface area contributed by atoms with Gasteiger partial charge >= 0.3 is 5.97 Å². The van der Waals surface area contributed by atoms with E-state index in [4.69, 9.17) is 0 Å². The van der Waals surface area contributed by atoms with E-state index in [1.165, 1.54) is 20.1 Å². The Hall–Kier alpha value is -2.17. The fraction of sp³-hybridized carbons (Fsp3) is 0.182. The van der Waals surface area contributed by atoms with Crippen LogP contribution in [-0.2, 0) is 4.74 Å². The van der Waals surface area contributed by atoms with Gasteiger partial charge in [0.1, 0.15) is 0 Å². The second kappa shape index (κ2) is 5.06. The van der Waals surface area contributed by atoms with Crippen LogP contribution in [0.15, 0.2) is 30.0 Å². The third-order valence-electron chi connectivity index (χ3n) is 1.97. The predicted molar refractivity (Wildman–Crippen MR) is 58.4 cm³/mol. The first-order chi connectivity index (χ1) is 7.54. The smallest absolute Gasteiger partial charge is 0.337 e. The first-order valence-corrected chi connectivity index (χ1v) is 4.55. The van der Waals surface area contributed by atoms with Crippen molar-refractivity contribution in [3.63, 3.8) is 0 Å². The van der Waals surface area contributed by atoms with Crippen LogP contribution in [0.5, 0.6) is 0 Å². The Kier molecular flexibility index (Phi) is 3.77. The molecule has 16 heavy (non-hydrogen) atoms. The van der Waals surface area contributed by atoms with Crippen LogP contribution in [0.1, 0.15) is 22.8 Å². The summed E-state index contributed by atoms with van der Waals surface area (Å²) in [5, 5.41) is 10.4. The molecule has 0 aliphatic heterocycles. The lowest BCUT2D eigenvalue weighted by molar-refractivity contribution is -0.422. The monoisotopic (exact) mass is 221 g/mol. The third kappa shape index (κ3) is 2.91. The molecule has 0 aliphatic carbocycles. The van der Waals surface area contributed by atoms with Crippen LogP contribution in [0, 0.1) is 10.1 Å². The van der Waals surface area contributed by atoms with Crippen LogP contribution in [0.2, 0.25) is 0 Å². The molecule has 0 amide bonds. The largest absolute Gasteiger partial charge is 0.465 e. The van der Waals surface area contributed by atoms with E-state index in [-0.39, 0.29) is 5.70 Å². The Bertz CT molecular complexity index is 451. The number of nitro groups is 1. The molecule has 5 heteroatoms. The number of carbonyl (C=O) groups is 1. The van der Waals surface area contributed by atoms with E-state index in [0.29, 0.717) is 11.1 Å². The van der Waals surface area contributed by atoms with Gasteiger partial charge in [0.2, 0.25) is 5.70 Å². The van der Waals surface area contributed by atoms with Gasteiger partial charge in [-0.15, -0.1) is 0 Å². The summed E-state index contributed by atoms with van der Waals surface area (Å²) in [6.07, 6.45) is 1.40. The quantitative estimate of drug-likeness (QED) is 0.445. The number of nitrogens with zero attached hydrogens (tertiary/aromatic N) is 1. The highest BCUT2D eigenvalue weighted by Crippen LogP contribution is 2.10. The number of hydrogen-bond acceptors (Lipinski definition) is 4. The van der Waals surface area contributed by atoms with Crippen molar-refractivity contribution in [2.45, 2.75) is 6.92 Å². The van der Waals surface area contributed by atoms with Crippen LogP contribution >= 0.6 is 0 Å². The van der Waals surface area contributed by atoms with Crippen LogP contribution in [0.3, 0.4) is 0 Å². The standard InChI is InChI=1S/C11H11NO4/c1-8(12(14)15)6-9-4-3-5-10(7-9)11(13)16-2/h3-7H,1-2H3/b8-6+. The summed E-state index contributed by atoms with van der Waals surface area (Å²) in [6.45, 7) is 1.39. The summed E-state index contributed by atoms with van der Waals surface area (Å²) in [5.74, 6) is -0.464. The molecule has 0 radical (unpaired) electrons. The normalized spacial score (nSPS) is 11.0. The predicted octanol–water partition coefficient (Wildman–Crippen LogP) is 2.11. The maximum Gasteiger partial charge on any atom is 0.337 e. The van der Waals surface area contributed by atoms with E-state index in [0.717, 1.165) is 0 Å². The van der Waals surface area contributed by atoms with E-state index in [1.807, 2.05) is 0 Å². The van der Waals surface area contributed by atoms with E-state index >= 15 is 0 Å². The number of methoxy groups -OCH3 is 1. The summed E-state index contributed by atoms with van der Waals surface area (Å²) < 4.78 is 4.55. The van der Waals surface area contributed by atoms with Crippen LogP contribution in [0.4, 0.5) is 0 Å². The highest BCUT2D eigenvalue weighted by molar-refractivity contribution is 5.90. The van der Waals surface area contributed by atoms with Gasteiger partial charge in [-0.3, -0.25) is 10.1 Å². The Morgan fingerprint density at radius 1 is 1.50 bits per heavy atom. The Balaban J connectivity index is 3.04. The Morgan fingerprint density at radius 2 is 2.19 bits per heavy atom. The van der Waals surface area contributed by atoms with Crippen LogP contribution in [0.25, 0.3) is 6.08 Å². The topological polar surface area (TPSA) is 69.4 Å². The zero-order chi connectivity index (χ0) is 12.1. The highest BCUT2D eigenvalue weighted by Gasteiger charge is 2.06. The molecule has 0 N–H and O–H groups in total. The number of benzene rings is 1. The van der Waals surface area contributed by atoms with Crippen molar-refractivity contribution in [2.24, 2.45) is 0 Å². The molecule has 0 aromatic heterocycles. The van der Waals surface area contributed by atoms with Gasteiger partial charge in [0.25, 0.3) is 0 Å². The molecule has 0 heterocycles. The average Bonchev–Trinajstić information content (AvgIpc) is 2.28. The Morgan fingerprint density at radius 3 is 2.75 bits per heavy atom. The van der Waals surface area contributed by atoms with Crippen molar-refractivity contribution < 1.29 is 14.5 Å². The first kappa shape index (κ1) is 11.9. The second-order valence-corrected chi connectivity index (χ2v) is 3.16. The highest BCUT2D eigenvalue weighted by atomic mass is 16.6. The minimum atomic E-state index is -0.481. The molecule has 0 unspecified atom stereocenters. The minimum Gasteiger partial charge on any atom is -0.465 e. The summed E-state index contributed by atoms with van der Waals surface area (Å²) >= 11 is 0. The van der Waals surface area contributed by atoms with Gasteiger partial charge < -0.3 is 4.74 Å². The van der Waals surface area contributed by atoms with Gasteiger partial charge in [-0.05, 0) is 17.7 Å². The van der Waals surface area contributed by atoms with Crippen molar-refractivity contribution >= 4 is 12.0 Å². The molecule has 1 aromatic rings. The van der Waals surface area contributed by atoms with Gasteiger partial charge in [-0.25, -0.2) is 4.79 Å². The molecule has 0 atom stereocenters. The minimum absolute atomic E-state index is 0.0158. The molecular formula is C11H11NO4. The average molecular weight is 221 g/mol. The zero-order valence-electron chi connectivity index (χ0n) is 8.97. The number of allylic oxidation sites excluding steroid dienone is 1. The van der Waals surface area contributed by atoms with Gasteiger partial charge in [0, 0.05) is 13.0 Å². The first-order valence-electron chi connectivity index (χ1n) is 4.55. The van der Waals surface area contributed by atoms with E-state index in [9.17, 15) is 14.9 Å². The molecule has 0 fully saturated rings. The van der Waals surface area contributed by atoms with Crippen LogP contribution < -0.4 is 0 Å². The van der Waals surface area contributed by atoms with E-state index in [2.05, 4.69) is 4.74 Å². The van der Waals surface area contributed by atoms with Crippen molar-refractivity contribution in [2.75, 3.05) is 7.11 Å². The third-order valence-corrected chi connectivity index (χ3v) is 1.97. The molecule has 0 saturated heterocycles. The molecule has 0 aliphatic rings. The molecule has 84 valence electrons. The summed E-state index contributed by atoms with van der Waals surface area (Å²) in [6, 6.07) is 6.45. The van der Waals surface area contributed by atoms with Crippen molar-refractivity contribution in [1.29, 1.82) is 0 Å². The van der Waals surface area contributed by atoms with E-state index in [1.54, 1.807) is 24.3 Å². The molecule has 1 rings (SSSR count). The van der Waals surface area contributed by atoms with Crippen LogP contribution in [-0.4, -0.2) is 18.0 Å². The van der Waals surface area contributed by atoms with Gasteiger partial charge in [0.05, 0.1) is 17.6 Å². The number of ether oxygens (including phenoxy) is 1. The second-order valence-electron chi connectivity index (χ2n) is 3.16. The Labute approximate surface area is 92.5 Å². The fourth-order valence-electron chi connectivity index (χ4n) is 1.17. The molecular weight excluding hydrogens is 210 g/mol. The summed E-state index contributed by atoms with van der Waals surface area (Å²) in [5.41, 5.74) is 0.978. The maximum atomic E-state index is 11.2. The van der Waals surface area contributed by atoms with Crippen molar-refractivity contribution in [3.05, 3.63) is 51.2 Å². The molecule has 5 nitrogen and oxygen atoms in total. The van der Waals surface area contributed by atoms with Gasteiger partial charge in [0.15, 0.2) is 0 Å². The van der Waals surface area contributed by atoms with E-state index < -0.39 is 10.9 Å². The molecule has 1 aromatic carbocycles. The lowest BCUT2D eigenvalue weighted by Gasteiger charge is -2.00. The number of esters is 1. The molecule has 0 bridgehead atoms. The zero-order valence-corrected chi connectivity index (χ0v) is 8.97. The summed E-state index contributed by atoms with van der Waals surface area (Å²) in [4.78, 5) is 21.2. The molecule has 0 spiro atoms. The van der Waals surface area contributed by atoms with Crippen molar-refractivity contribution in [1.82, 2.24) is 0 Å². The number of rotatable bonds is 3. The maximum absolute atomic E-state index is 11.2. The molecule has 0 saturated carbocycles. The lowest BCUT2D eigenvalue weighted by Crippen LogP contribution is -2.01. The van der Waals surface area contributed by atoms with Crippen molar-refractivity contribution in [3.8, 4) is 0 Å². The van der Waals surface area contributed by atoms with Gasteiger partial charge in [-0.1, -0.05) is 12.1 Å². The van der Waals surface area contributed by atoms with Gasteiger partial charge in [-0.2, -0.15) is 0 Å². The number of hydrogen-bond donors (Lipinski definition) is 0. The number of carbonyl (C=O) groups excluding carboxylic acids is 1. The SMILES string of the molecule is COC(=O)c1cccc(/C=C(\C)[N+](=O)[O-])c1. The lowest BCUT2D eigenvalue weighted by atomic mass is 10.1. The summed E-state index contributed by atoms with van der Waals surface area (Å²) in [7, 11) is 1.28. The fourth-order valence-corrected chi connectivity index (χ4v) is 1.17.